The van der Waals surface area contributed by atoms with E-state index in [1.54, 1.807) is 25.4 Å². The van der Waals surface area contributed by atoms with Crippen LogP contribution in [0.3, 0.4) is 0 Å². The molecule has 0 unspecified atom stereocenters. The van der Waals surface area contributed by atoms with Crippen LogP contribution in [-0.4, -0.2) is 29.6 Å². The normalized spacial score (nSPS) is 12.8. The summed E-state index contributed by atoms with van der Waals surface area (Å²) in [4.78, 5) is 4.06. The monoisotopic (exact) mass is 435 g/mol. The van der Waals surface area contributed by atoms with Crippen molar-refractivity contribution < 1.29 is 9.13 Å². The smallest absolute Gasteiger partial charge is 0.166 e. The maximum atomic E-state index is 14.0. The van der Waals surface area contributed by atoms with Crippen molar-refractivity contribution in [2.24, 2.45) is 16.1 Å². The average molecular weight is 436 g/mol. The third kappa shape index (κ3) is 5.26. The molecule has 2 aromatic rings. The van der Waals surface area contributed by atoms with Gasteiger partial charge in [-0.25, -0.2) is 9.37 Å². The highest BCUT2D eigenvalue weighted by Gasteiger charge is 2.21. The van der Waals surface area contributed by atoms with Gasteiger partial charge in [0.25, 0.3) is 0 Å². The molecule has 0 aliphatic rings. The molecule has 0 fully saturated rings. The summed E-state index contributed by atoms with van der Waals surface area (Å²) in [6, 6.07) is 6.27. The molecule has 144 valence electrons. The summed E-state index contributed by atoms with van der Waals surface area (Å²) < 4.78 is 20.7. The van der Waals surface area contributed by atoms with Crippen LogP contribution >= 0.6 is 15.9 Å². The van der Waals surface area contributed by atoms with Gasteiger partial charge in [0, 0.05) is 35.6 Å². The van der Waals surface area contributed by atoms with E-state index in [1.807, 2.05) is 20.8 Å². The van der Waals surface area contributed by atoms with E-state index in [2.05, 4.69) is 37.8 Å². The van der Waals surface area contributed by atoms with Gasteiger partial charge in [-0.3, -0.25) is 0 Å². The third-order valence-electron chi connectivity index (χ3n) is 3.88. The van der Waals surface area contributed by atoms with E-state index < -0.39 is 6.10 Å². The summed E-state index contributed by atoms with van der Waals surface area (Å²) in [6.07, 6.45) is 1.10. The van der Waals surface area contributed by atoms with Crippen LogP contribution in [-0.2, 0) is 0 Å². The van der Waals surface area contributed by atoms with E-state index in [0.717, 1.165) is 15.7 Å². The van der Waals surface area contributed by atoms with E-state index in [-0.39, 0.29) is 17.6 Å². The zero-order chi connectivity index (χ0) is 20.1. The number of anilines is 1. The molecule has 27 heavy (non-hydrogen) atoms. The minimum absolute atomic E-state index is 0.0724. The van der Waals surface area contributed by atoms with Crippen LogP contribution in [0, 0.1) is 11.7 Å². The van der Waals surface area contributed by atoms with Gasteiger partial charge < -0.3 is 10.5 Å². The summed E-state index contributed by atoms with van der Waals surface area (Å²) in [5.74, 6) is 0.391. The highest BCUT2D eigenvalue weighted by molar-refractivity contribution is 9.10. The lowest BCUT2D eigenvalue weighted by Crippen LogP contribution is -2.19. The number of nitrogens with zero attached hydrogens (tertiary/aromatic N) is 4. The Kier molecular flexibility index (Phi) is 6.90. The fourth-order valence-corrected chi connectivity index (χ4v) is 2.86. The highest BCUT2D eigenvalue weighted by Crippen LogP contribution is 2.31. The summed E-state index contributed by atoms with van der Waals surface area (Å²) in [6.45, 7) is 9.31. The number of pyridine rings is 1. The van der Waals surface area contributed by atoms with Crippen LogP contribution in [0.1, 0.15) is 38.0 Å². The summed E-state index contributed by atoms with van der Waals surface area (Å²) in [7, 11) is 1.69. The molecule has 0 saturated carbocycles. The van der Waals surface area contributed by atoms with Gasteiger partial charge in [0.05, 0.1) is 5.71 Å². The molecule has 8 heteroatoms. The number of hydrogen-bond acceptors (Lipinski definition) is 6. The standard InChI is InChI=1S/C19H23BrFN5O/c1-11(2)18(25-26(5)23-4)15-7-6-14(21)9-16(15)12(3)27-17-8-13(20)10-24-19(17)22/h6-12H,4H2,1-3,5H3,(H2,22,24)/b25-18+/t12-/m0/s1. The first kappa shape index (κ1) is 20.8. The molecule has 0 amide bonds. The van der Waals surface area contributed by atoms with Crippen LogP contribution in [0.25, 0.3) is 0 Å². The van der Waals surface area contributed by atoms with E-state index in [0.29, 0.717) is 11.3 Å². The maximum Gasteiger partial charge on any atom is 0.166 e. The Morgan fingerprint density at radius 1 is 1.33 bits per heavy atom. The van der Waals surface area contributed by atoms with Crippen LogP contribution in [0.5, 0.6) is 5.75 Å². The highest BCUT2D eigenvalue weighted by atomic mass is 79.9. The van der Waals surface area contributed by atoms with Gasteiger partial charge >= 0.3 is 0 Å². The van der Waals surface area contributed by atoms with Crippen molar-refractivity contribution >= 4 is 34.2 Å². The molecule has 2 rings (SSSR count). The van der Waals surface area contributed by atoms with Crippen molar-refractivity contribution in [2.75, 3.05) is 12.8 Å². The quantitative estimate of drug-likeness (QED) is 0.508. The molecule has 2 N–H and O–H groups in total. The number of hydrogen-bond donors (Lipinski definition) is 1. The molecular weight excluding hydrogens is 413 g/mol. The van der Waals surface area contributed by atoms with Crippen molar-refractivity contribution in [3.63, 3.8) is 0 Å². The summed E-state index contributed by atoms with van der Waals surface area (Å²) in [5.41, 5.74) is 8.07. The summed E-state index contributed by atoms with van der Waals surface area (Å²) >= 11 is 3.35. The number of ether oxygens (including phenoxy) is 1. The first-order valence-corrected chi connectivity index (χ1v) is 9.18. The molecule has 0 bridgehead atoms. The topological polar surface area (TPSA) is 76.1 Å². The fraction of sp³-hybridized carbons (Fsp3) is 0.316. The third-order valence-corrected chi connectivity index (χ3v) is 4.32. The second-order valence-electron chi connectivity index (χ2n) is 6.30. The maximum absolute atomic E-state index is 14.0. The van der Waals surface area contributed by atoms with Gasteiger partial charge in [0.2, 0.25) is 0 Å². The molecule has 0 radical (unpaired) electrons. The molecule has 0 aliphatic heterocycles. The molecule has 0 saturated heterocycles. The first-order chi connectivity index (χ1) is 12.7. The van der Waals surface area contributed by atoms with Crippen molar-refractivity contribution in [1.82, 2.24) is 10.1 Å². The van der Waals surface area contributed by atoms with Gasteiger partial charge in [0.15, 0.2) is 11.6 Å². The van der Waals surface area contributed by atoms with E-state index >= 15 is 0 Å². The zero-order valence-electron chi connectivity index (χ0n) is 15.8. The molecule has 1 heterocycles. The van der Waals surface area contributed by atoms with Gasteiger partial charge in [-0.1, -0.05) is 13.8 Å². The van der Waals surface area contributed by atoms with Gasteiger partial charge in [-0.2, -0.15) is 15.3 Å². The number of rotatable bonds is 7. The average Bonchev–Trinajstić information content (AvgIpc) is 2.62. The van der Waals surface area contributed by atoms with E-state index in [1.165, 1.54) is 17.3 Å². The minimum Gasteiger partial charge on any atom is -0.482 e. The largest absolute Gasteiger partial charge is 0.482 e. The van der Waals surface area contributed by atoms with E-state index in [9.17, 15) is 4.39 Å². The minimum atomic E-state index is -0.486. The SMILES string of the molecule is C=NN(C)/N=C(/c1ccc(F)cc1[C@H](C)Oc1cc(Br)cnc1N)C(C)C. The predicted octanol–water partition coefficient (Wildman–Crippen LogP) is 4.61. The van der Waals surface area contributed by atoms with Gasteiger partial charge in [0.1, 0.15) is 11.9 Å². The lowest BCUT2D eigenvalue weighted by molar-refractivity contribution is 0.226. The van der Waals surface area contributed by atoms with Crippen LogP contribution in [0.4, 0.5) is 10.2 Å². The van der Waals surface area contributed by atoms with Crippen molar-refractivity contribution in [2.45, 2.75) is 26.9 Å². The fourth-order valence-electron chi connectivity index (χ4n) is 2.55. The van der Waals surface area contributed by atoms with Crippen molar-refractivity contribution in [3.8, 4) is 5.75 Å². The number of aromatic nitrogens is 1. The molecule has 0 aliphatic carbocycles. The zero-order valence-corrected chi connectivity index (χ0v) is 17.4. The number of hydrazone groups is 2. The number of benzene rings is 1. The lowest BCUT2D eigenvalue weighted by Gasteiger charge is -2.22. The Labute approximate surface area is 167 Å². The predicted molar refractivity (Wildman–Crippen MR) is 110 cm³/mol. The molecule has 1 aromatic carbocycles. The Bertz CT molecular complexity index is 856. The van der Waals surface area contributed by atoms with Crippen molar-refractivity contribution in [3.05, 3.63) is 51.9 Å². The molecule has 6 nitrogen and oxygen atoms in total. The first-order valence-electron chi connectivity index (χ1n) is 8.39. The molecular formula is C19H23BrFN5O. The van der Waals surface area contributed by atoms with Crippen LogP contribution in [0.2, 0.25) is 0 Å². The van der Waals surface area contributed by atoms with Crippen LogP contribution in [0.15, 0.2) is 45.1 Å². The Hall–Kier alpha value is -2.48. The number of nitrogens with two attached hydrogens (primary N) is 1. The van der Waals surface area contributed by atoms with Gasteiger partial charge in [-0.15, -0.1) is 0 Å². The molecule has 0 spiro atoms. The lowest BCUT2D eigenvalue weighted by atomic mass is 9.93. The van der Waals surface area contributed by atoms with Gasteiger partial charge in [-0.05, 0) is 53.0 Å². The Morgan fingerprint density at radius 2 is 2.04 bits per heavy atom. The van der Waals surface area contributed by atoms with Crippen LogP contribution < -0.4 is 10.5 Å². The second-order valence-corrected chi connectivity index (χ2v) is 7.22. The number of nitrogen functional groups attached to an aromatic ring is 1. The molecule has 1 atom stereocenters. The van der Waals surface area contributed by atoms with Crippen molar-refractivity contribution in [1.29, 1.82) is 0 Å². The second kappa shape index (κ2) is 8.94. The molecule has 1 aromatic heterocycles. The summed E-state index contributed by atoms with van der Waals surface area (Å²) in [5, 5.41) is 9.63. The Morgan fingerprint density at radius 3 is 2.67 bits per heavy atom. The van der Waals surface area contributed by atoms with E-state index in [4.69, 9.17) is 10.5 Å². The number of halogens is 2. The Balaban J connectivity index is 2.49.